The summed E-state index contributed by atoms with van der Waals surface area (Å²) < 4.78 is 4.08. The third-order valence-electron chi connectivity index (χ3n) is 1.63. The third kappa shape index (κ3) is 73.2. The topological polar surface area (TPSA) is 230 Å². The van der Waals surface area contributed by atoms with Crippen LogP contribution in [0, 0.1) is 0 Å². The molecule has 0 aliphatic carbocycles. The summed E-state index contributed by atoms with van der Waals surface area (Å²) in [6, 6.07) is 0. The zero-order chi connectivity index (χ0) is 26.7. The molecule has 1 heterocycles. The Morgan fingerprint density at radius 2 is 0.656 bits per heavy atom. The standard InChI is InChI=1S/C4H4O3.5C3H4O2/c5-3-1-2-4(6)7-3;5*1-2-3(4)5/h1-2H2;5*2H,1H2,(H,4,5). The Labute approximate surface area is 182 Å². The fourth-order valence-electron chi connectivity index (χ4n) is 0.433. The first kappa shape index (κ1) is 37.9. The highest BCUT2D eigenvalue weighted by atomic mass is 16.6. The second-order valence-electron chi connectivity index (χ2n) is 4.06. The molecule has 0 atom stereocenters. The second-order valence-corrected chi connectivity index (χ2v) is 4.06. The van der Waals surface area contributed by atoms with Gasteiger partial charge in [-0.1, -0.05) is 32.9 Å². The van der Waals surface area contributed by atoms with E-state index in [2.05, 4.69) is 37.6 Å². The Morgan fingerprint density at radius 1 is 0.531 bits per heavy atom. The van der Waals surface area contributed by atoms with Crippen molar-refractivity contribution in [3.8, 4) is 0 Å². The minimum absolute atomic E-state index is 0.263. The molecule has 0 spiro atoms. The van der Waals surface area contributed by atoms with Crippen molar-refractivity contribution in [2.24, 2.45) is 0 Å². The van der Waals surface area contributed by atoms with Crippen LogP contribution in [-0.2, 0) is 38.3 Å². The maximum atomic E-state index is 10.0. The lowest BCUT2D eigenvalue weighted by molar-refractivity contribution is -0.152. The number of carbonyl (C=O) groups excluding carboxylic acids is 2. The van der Waals surface area contributed by atoms with Crippen molar-refractivity contribution in [3.05, 3.63) is 63.3 Å². The van der Waals surface area contributed by atoms with Gasteiger partial charge in [0.1, 0.15) is 0 Å². The number of carbonyl (C=O) groups is 7. The third-order valence-corrected chi connectivity index (χ3v) is 1.63. The van der Waals surface area contributed by atoms with E-state index in [1.807, 2.05) is 0 Å². The Morgan fingerprint density at radius 3 is 0.688 bits per heavy atom. The number of carboxylic acids is 5. The van der Waals surface area contributed by atoms with E-state index in [1.54, 1.807) is 0 Å². The number of esters is 2. The van der Waals surface area contributed by atoms with Crippen molar-refractivity contribution in [2.45, 2.75) is 12.8 Å². The van der Waals surface area contributed by atoms with Crippen molar-refractivity contribution >= 4 is 41.8 Å². The second kappa shape index (κ2) is 28.4. The zero-order valence-corrected chi connectivity index (χ0v) is 16.8. The van der Waals surface area contributed by atoms with Gasteiger partial charge in [-0.05, 0) is 0 Å². The maximum Gasteiger partial charge on any atom is 0.327 e. The molecule has 1 aliphatic heterocycles. The molecule has 0 radical (unpaired) electrons. The van der Waals surface area contributed by atoms with Crippen molar-refractivity contribution in [2.75, 3.05) is 0 Å². The molecule has 1 aliphatic rings. The minimum Gasteiger partial charge on any atom is -0.478 e. The van der Waals surface area contributed by atoms with E-state index >= 15 is 0 Å². The van der Waals surface area contributed by atoms with E-state index < -0.39 is 41.8 Å². The molecule has 178 valence electrons. The van der Waals surface area contributed by atoms with Gasteiger partial charge in [-0.15, -0.1) is 0 Å². The fourth-order valence-corrected chi connectivity index (χ4v) is 0.433. The molecule has 0 aromatic rings. The van der Waals surface area contributed by atoms with E-state index in [9.17, 15) is 33.6 Å². The number of hydrogen-bond donors (Lipinski definition) is 5. The number of cyclic esters (lactones) is 2. The molecule has 0 unspecified atom stereocenters. The summed E-state index contributed by atoms with van der Waals surface area (Å²) in [6.45, 7) is 14.8. The molecule has 1 saturated heterocycles. The highest BCUT2D eigenvalue weighted by Gasteiger charge is 2.19. The molecule has 0 aromatic carbocycles. The van der Waals surface area contributed by atoms with Gasteiger partial charge >= 0.3 is 41.8 Å². The number of hydrogen-bond acceptors (Lipinski definition) is 8. The molecule has 32 heavy (non-hydrogen) atoms. The van der Waals surface area contributed by atoms with Crippen LogP contribution < -0.4 is 0 Å². The van der Waals surface area contributed by atoms with Gasteiger partial charge < -0.3 is 30.3 Å². The molecule has 1 fully saturated rings. The fraction of sp³-hybridized carbons (Fsp3) is 0.105. The number of ether oxygens (including phenoxy) is 1. The summed E-state index contributed by atoms with van der Waals surface area (Å²) in [5, 5.41) is 38.0. The van der Waals surface area contributed by atoms with E-state index in [0.717, 1.165) is 30.4 Å². The molecule has 13 nitrogen and oxygen atoms in total. The first-order chi connectivity index (χ1) is 14.6. The van der Waals surface area contributed by atoms with E-state index in [-0.39, 0.29) is 12.8 Å². The lowest BCUT2D eigenvalue weighted by Gasteiger charge is -1.79. The van der Waals surface area contributed by atoms with Crippen molar-refractivity contribution in [1.82, 2.24) is 0 Å². The molecule has 0 amide bonds. The predicted octanol–water partition coefficient (Wildman–Crippen LogP) is 1.14. The SMILES string of the molecule is C=CC(=O)O.C=CC(=O)O.C=CC(=O)O.C=CC(=O)O.C=CC(=O)O.O=C1CCC(=O)O1. The van der Waals surface area contributed by atoms with Gasteiger partial charge in [0, 0.05) is 30.4 Å². The molecule has 5 N–H and O–H groups in total. The van der Waals surface area contributed by atoms with Crippen LogP contribution >= 0.6 is 0 Å². The smallest absolute Gasteiger partial charge is 0.327 e. The Bertz CT molecular complexity index is 584. The lowest BCUT2D eigenvalue weighted by Crippen LogP contribution is -1.94. The van der Waals surface area contributed by atoms with Gasteiger partial charge in [-0.25, -0.2) is 24.0 Å². The monoisotopic (exact) mass is 460 g/mol. The zero-order valence-electron chi connectivity index (χ0n) is 16.8. The summed E-state index contributed by atoms with van der Waals surface area (Å²) >= 11 is 0. The van der Waals surface area contributed by atoms with Crippen molar-refractivity contribution < 1.29 is 63.8 Å². The molecular formula is C19H24O13. The molecular weight excluding hydrogens is 436 g/mol. The summed E-state index contributed by atoms with van der Waals surface area (Å²) in [7, 11) is 0. The lowest BCUT2D eigenvalue weighted by atomic mass is 10.4. The van der Waals surface area contributed by atoms with Crippen molar-refractivity contribution in [3.63, 3.8) is 0 Å². The van der Waals surface area contributed by atoms with Gasteiger partial charge in [0.25, 0.3) is 0 Å². The number of rotatable bonds is 5. The van der Waals surface area contributed by atoms with Gasteiger partial charge in [0.05, 0.1) is 12.8 Å². The summed E-state index contributed by atoms with van der Waals surface area (Å²) in [6.07, 6.45) is 4.69. The van der Waals surface area contributed by atoms with Gasteiger partial charge in [0.2, 0.25) is 0 Å². The largest absolute Gasteiger partial charge is 0.478 e. The average Bonchev–Trinajstić information content (AvgIpc) is 3.12. The number of aliphatic carboxylic acids is 5. The van der Waals surface area contributed by atoms with Crippen LogP contribution in [0.5, 0.6) is 0 Å². The van der Waals surface area contributed by atoms with Gasteiger partial charge in [-0.2, -0.15) is 0 Å². The summed E-state index contributed by atoms with van der Waals surface area (Å²) in [5.74, 6) is -5.70. The van der Waals surface area contributed by atoms with E-state index in [0.29, 0.717) is 0 Å². The van der Waals surface area contributed by atoms with E-state index in [4.69, 9.17) is 25.5 Å². The first-order valence-corrected chi connectivity index (χ1v) is 7.65. The Kier molecular flexibility index (Phi) is 33.6. The van der Waals surface area contributed by atoms with Crippen LogP contribution in [0.2, 0.25) is 0 Å². The average molecular weight is 460 g/mol. The highest BCUT2D eigenvalue weighted by molar-refractivity contribution is 5.92. The van der Waals surface area contributed by atoms with Crippen LogP contribution in [0.15, 0.2) is 63.3 Å². The van der Waals surface area contributed by atoms with Crippen molar-refractivity contribution in [1.29, 1.82) is 0 Å². The van der Waals surface area contributed by atoms with Gasteiger partial charge in [0.15, 0.2) is 0 Å². The normalized spacial score (nSPS) is 9.38. The Hall–Kier alpha value is -4.81. The van der Waals surface area contributed by atoms with Crippen LogP contribution in [0.25, 0.3) is 0 Å². The Balaban J connectivity index is -0.0000000919. The first-order valence-electron chi connectivity index (χ1n) is 7.65. The van der Waals surface area contributed by atoms with Gasteiger partial charge in [-0.3, -0.25) is 9.59 Å². The number of carboxylic acid groups (broad SMARTS) is 5. The van der Waals surface area contributed by atoms with E-state index in [1.165, 1.54) is 0 Å². The molecule has 0 aromatic heterocycles. The minimum atomic E-state index is -0.981. The quantitative estimate of drug-likeness (QED) is 0.220. The highest BCUT2D eigenvalue weighted by Crippen LogP contribution is 2.03. The van der Waals surface area contributed by atoms with Crippen LogP contribution in [0.1, 0.15) is 12.8 Å². The van der Waals surface area contributed by atoms with Crippen LogP contribution in [0.3, 0.4) is 0 Å². The van der Waals surface area contributed by atoms with Crippen LogP contribution in [0.4, 0.5) is 0 Å². The molecule has 0 saturated carbocycles. The molecule has 13 heteroatoms. The van der Waals surface area contributed by atoms with Crippen LogP contribution in [-0.4, -0.2) is 67.3 Å². The molecule has 1 rings (SSSR count). The predicted molar refractivity (Wildman–Crippen MR) is 109 cm³/mol. The maximum absolute atomic E-state index is 10.0. The molecule has 0 bridgehead atoms. The summed E-state index contributed by atoms with van der Waals surface area (Å²) in [5.41, 5.74) is 0. The summed E-state index contributed by atoms with van der Waals surface area (Å²) in [4.78, 5) is 66.3.